The van der Waals surface area contributed by atoms with Gasteiger partial charge in [-0.25, -0.2) is 4.98 Å². The molecule has 3 rings (SSSR count). The molecule has 1 aliphatic carbocycles. The van der Waals surface area contributed by atoms with E-state index < -0.39 is 0 Å². The highest BCUT2D eigenvalue weighted by atomic mass is 16.5. The van der Waals surface area contributed by atoms with Crippen LogP contribution in [0.1, 0.15) is 34.7 Å². The molecule has 1 N–H and O–H groups in total. The fourth-order valence-corrected chi connectivity index (χ4v) is 2.35. The fraction of sp³-hybridized carbons (Fsp3) is 0.176. The first kappa shape index (κ1) is 13.4. The van der Waals surface area contributed by atoms with Crippen molar-refractivity contribution in [3.63, 3.8) is 0 Å². The molecule has 0 saturated heterocycles. The van der Waals surface area contributed by atoms with E-state index in [9.17, 15) is 4.79 Å². The van der Waals surface area contributed by atoms with Crippen LogP contribution < -0.4 is 4.74 Å². The molecule has 4 nitrogen and oxygen atoms in total. The number of aromatic nitrogens is 2. The molecule has 2 aromatic rings. The van der Waals surface area contributed by atoms with Crippen LogP contribution in [0.2, 0.25) is 0 Å². The Kier molecular flexibility index (Phi) is 3.69. The van der Waals surface area contributed by atoms with Crippen LogP contribution in [0.4, 0.5) is 0 Å². The van der Waals surface area contributed by atoms with E-state index in [-0.39, 0.29) is 5.78 Å². The minimum Gasteiger partial charge on any atom is -0.496 e. The maximum atomic E-state index is 12.5. The van der Waals surface area contributed by atoms with Gasteiger partial charge in [0.25, 0.3) is 0 Å². The van der Waals surface area contributed by atoms with Gasteiger partial charge in [-0.1, -0.05) is 30.4 Å². The van der Waals surface area contributed by atoms with E-state index in [0.717, 1.165) is 24.2 Å². The number of hydrogen-bond acceptors (Lipinski definition) is 3. The number of rotatable bonds is 4. The van der Waals surface area contributed by atoms with Crippen LogP contribution in [0.15, 0.2) is 48.7 Å². The third-order valence-electron chi connectivity index (χ3n) is 3.44. The number of carbonyl (C=O) groups excluding carboxylic acids is 1. The van der Waals surface area contributed by atoms with Crippen LogP contribution in [0, 0.1) is 0 Å². The van der Waals surface area contributed by atoms with Gasteiger partial charge >= 0.3 is 0 Å². The summed E-state index contributed by atoms with van der Waals surface area (Å²) < 4.78 is 5.23. The Hall–Kier alpha value is -2.62. The lowest BCUT2D eigenvalue weighted by molar-refractivity contribution is 0.103. The smallest absolute Gasteiger partial charge is 0.214 e. The summed E-state index contributed by atoms with van der Waals surface area (Å²) in [5.74, 6) is 1.17. The van der Waals surface area contributed by atoms with Crippen molar-refractivity contribution < 1.29 is 9.53 Å². The van der Waals surface area contributed by atoms with Crippen LogP contribution in [-0.4, -0.2) is 22.9 Å². The molecule has 0 radical (unpaired) electrons. The summed E-state index contributed by atoms with van der Waals surface area (Å²) in [5, 5.41) is 0. The van der Waals surface area contributed by atoms with Crippen molar-refractivity contribution >= 4 is 11.4 Å². The van der Waals surface area contributed by atoms with Gasteiger partial charge < -0.3 is 9.72 Å². The molecule has 1 aliphatic rings. The zero-order valence-corrected chi connectivity index (χ0v) is 11.8. The molecule has 1 aromatic carbocycles. The predicted molar refractivity (Wildman–Crippen MR) is 81.4 cm³/mol. The first-order valence-electron chi connectivity index (χ1n) is 6.89. The van der Waals surface area contributed by atoms with Crippen LogP contribution in [0.25, 0.3) is 5.57 Å². The monoisotopic (exact) mass is 280 g/mol. The third-order valence-corrected chi connectivity index (χ3v) is 3.44. The van der Waals surface area contributed by atoms with E-state index in [1.165, 1.54) is 0 Å². The molecule has 0 unspecified atom stereocenters. The van der Waals surface area contributed by atoms with Crippen molar-refractivity contribution in [2.24, 2.45) is 0 Å². The normalized spacial score (nSPS) is 13.9. The van der Waals surface area contributed by atoms with E-state index in [1.807, 2.05) is 18.2 Å². The number of para-hydroxylation sites is 1. The first-order chi connectivity index (χ1) is 10.3. The summed E-state index contributed by atoms with van der Waals surface area (Å²) in [4.78, 5) is 19.9. The molecular weight excluding hydrogens is 264 g/mol. The Morgan fingerprint density at radius 2 is 2.14 bits per heavy atom. The molecule has 21 heavy (non-hydrogen) atoms. The lowest BCUT2D eigenvalue weighted by Gasteiger charge is -2.06. The zero-order chi connectivity index (χ0) is 14.7. The van der Waals surface area contributed by atoms with Crippen molar-refractivity contribution in [3.05, 3.63) is 65.8 Å². The number of ether oxygens (including phenoxy) is 1. The molecular formula is C17H16N2O2. The van der Waals surface area contributed by atoms with Gasteiger partial charge in [-0.2, -0.15) is 0 Å². The topological polar surface area (TPSA) is 55.0 Å². The van der Waals surface area contributed by atoms with Gasteiger partial charge in [-0.05, 0) is 25.0 Å². The van der Waals surface area contributed by atoms with Crippen molar-refractivity contribution in [1.82, 2.24) is 9.97 Å². The molecule has 0 fully saturated rings. The number of nitrogens with one attached hydrogen (secondary N) is 1. The van der Waals surface area contributed by atoms with Crippen molar-refractivity contribution in [1.29, 1.82) is 0 Å². The van der Waals surface area contributed by atoms with Crippen molar-refractivity contribution in [2.45, 2.75) is 12.8 Å². The summed E-state index contributed by atoms with van der Waals surface area (Å²) in [6.07, 6.45) is 9.89. The molecule has 0 spiro atoms. The Labute approximate surface area is 123 Å². The third kappa shape index (κ3) is 2.65. The summed E-state index contributed by atoms with van der Waals surface area (Å²) in [6, 6.07) is 7.18. The highest BCUT2D eigenvalue weighted by molar-refractivity contribution is 6.09. The standard InChI is InChI=1S/C17H16N2O2/c1-21-15-10-6-5-9-13(15)16(20)14-11-18-17(19-14)12-7-3-2-4-8-12/h3,5-11H,2,4H2,1H3,(H,18,19). The number of benzene rings is 1. The number of imidazole rings is 1. The zero-order valence-electron chi connectivity index (χ0n) is 11.8. The van der Waals surface area contributed by atoms with Gasteiger partial charge in [-0.3, -0.25) is 4.79 Å². The van der Waals surface area contributed by atoms with Gasteiger partial charge in [-0.15, -0.1) is 0 Å². The van der Waals surface area contributed by atoms with E-state index >= 15 is 0 Å². The van der Waals surface area contributed by atoms with Crippen LogP contribution in [-0.2, 0) is 0 Å². The number of ketones is 1. The summed E-state index contributed by atoms with van der Waals surface area (Å²) in [6.45, 7) is 0. The van der Waals surface area contributed by atoms with Gasteiger partial charge in [0.2, 0.25) is 5.78 Å². The maximum absolute atomic E-state index is 12.5. The Morgan fingerprint density at radius 3 is 2.90 bits per heavy atom. The first-order valence-corrected chi connectivity index (χ1v) is 6.89. The molecule has 0 amide bonds. The summed E-state index contributed by atoms with van der Waals surface area (Å²) >= 11 is 0. The summed E-state index contributed by atoms with van der Waals surface area (Å²) in [7, 11) is 1.56. The molecule has 1 aromatic heterocycles. The second kappa shape index (κ2) is 5.79. The molecule has 0 aliphatic heterocycles. The predicted octanol–water partition coefficient (Wildman–Crippen LogP) is 3.38. The van der Waals surface area contributed by atoms with Crippen LogP contribution in [0.5, 0.6) is 5.75 Å². The SMILES string of the molecule is COc1ccccc1C(=O)c1cnc(C2=CCCC=C2)[nH]1. The minimum absolute atomic E-state index is 0.119. The van der Waals surface area contributed by atoms with E-state index in [2.05, 4.69) is 22.1 Å². The Bertz CT molecular complexity index is 726. The number of allylic oxidation sites excluding steroid dienone is 4. The highest BCUT2D eigenvalue weighted by Crippen LogP contribution is 2.22. The number of aromatic amines is 1. The average Bonchev–Trinajstić information content (AvgIpc) is 3.05. The van der Waals surface area contributed by atoms with Gasteiger partial charge in [0.1, 0.15) is 17.3 Å². The quantitative estimate of drug-likeness (QED) is 0.873. The molecule has 0 bridgehead atoms. The number of carbonyl (C=O) groups is 1. The largest absolute Gasteiger partial charge is 0.496 e. The average molecular weight is 280 g/mol. The second-order valence-corrected chi connectivity index (χ2v) is 4.81. The van der Waals surface area contributed by atoms with Gasteiger partial charge in [0.15, 0.2) is 0 Å². The van der Waals surface area contributed by atoms with Crippen molar-refractivity contribution in [2.75, 3.05) is 7.11 Å². The van der Waals surface area contributed by atoms with Crippen LogP contribution in [0.3, 0.4) is 0 Å². The molecule has 0 atom stereocenters. The highest BCUT2D eigenvalue weighted by Gasteiger charge is 2.17. The fourth-order valence-electron chi connectivity index (χ4n) is 2.35. The molecule has 0 saturated carbocycles. The van der Waals surface area contributed by atoms with Crippen molar-refractivity contribution in [3.8, 4) is 5.75 Å². The number of H-pyrrole nitrogens is 1. The van der Waals surface area contributed by atoms with E-state index in [0.29, 0.717) is 17.0 Å². The van der Waals surface area contributed by atoms with E-state index in [1.54, 1.807) is 25.4 Å². The van der Waals surface area contributed by atoms with Crippen LogP contribution >= 0.6 is 0 Å². The number of methoxy groups -OCH3 is 1. The molecule has 106 valence electrons. The maximum Gasteiger partial charge on any atom is 0.214 e. The summed E-state index contributed by atoms with van der Waals surface area (Å²) in [5.41, 5.74) is 2.03. The van der Waals surface area contributed by atoms with Gasteiger partial charge in [0.05, 0.1) is 18.9 Å². The van der Waals surface area contributed by atoms with Gasteiger partial charge in [0, 0.05) is 5.57 Å². The Balaban J connectivity index is 1.91. The second-order valence-electron chi connectivity index (χ2n) is 4.81. The number of hydrogen-bond donors (Lipinski definition) is 1. The molecule has 4 heteroatoms. The lowest BCUT2D eigenvalue weighted by Crippen LogP contribution is -2.04. The van der Waals surface area contributed by atoms with E-state index in [4.69, 9.17) is 4.74 Å². The Morgan fingerprint density at radius 1 is 1.29 bits per heavy atom. The lowest BCUT2D eigenvalue weighted by atomic mass is 10.1. The molecule has 1 heterocycles. The number of nitrogens with zero attached hydrogens (tertiary/aromatic N) is 1. The minimum atomic E-state index is -0.119.